The Morgan fingerprint density at radius 2 is 1.85 bits per heavy atom. The van der Waals surface area contributed by atoms with Crippen LogP contribution in [0, 0.1) is 6.92 Å². The first kappa shape index (κ1) is 20.4. The number of hydrogen-bond donors (Lipinski definition) is 1. The van der Waals surface area contributed by atoms with Crippen LogP contribution in [0.1, 0.15) is 53.5 Å². The Bertz CT molecular complexity index is 833. The predicted molar refractivity (Wildman–Crippen MR) is 103 cm³/mol. The molecule has 0 bridgehead atoms. The van der Waals surface area contributed by atoms with Crippen LogP contribution in [0.15, 0.2) is 30.5 Å². The van der Waals surface area contributed by atoms with Gasteiger partial charge in [-0.05, 0) is 49.6 Å². The van der Waals surface area contributed by atoms with Crippen LogP contribution in [0.25, 0.3) is 0 Å². The minimum Gasteiger partial charge on any atom is -0.493 e. The van der Waals surface area contributed by atoms with Crippen LogP contribution in [0.2, 0.25) is 0 Å². The van der Waals surface area contributed by atoms with E-state index in [1.165, 1.54) is 21.1 Å². The molecule has 2 rings (SSSR count). The number of ether oxygens (including phenoxy) is 2. The van der Waals surface area contributed by atoms with Crippen molar-refractivity contribution in [3.05, 3.63) is 52.8 Å². The first-order valence-electron chi connectivity index (χ1n) is 8.87. The second-order valence-electron chi connectivity index (χ2n) is 6.33. The average molecular weight is 370 g/mol. The van der Waals surface area contributed by atoms with Crippen molar-refractivity contribution in [3.8, 4) is 11.5 Å². The summed E-state index contributed by atoms with van der Waals surface area (Å²) in [5.41, 5.74) is 2.93. The van der Waals surface area contributed by atoms with Crippen LogP contribution in [0.4, 0.5) is 0 Å². The number of carbonyl (C=O) groups is 2. The van der Waals surface area contributed by atoms with Crippen LogP contribution in [0.5, 0.6) is 11.5 Å². The SMILES string of the molecule is CCC(NC(=O)Cc1cc(OC)c(OC)cc1C(C)=O)c1ncccc1C. The fraction of sp³-hybridized carbons (Fsp3) is 0.381. The summed E-state index contributed by atoms with van der Waals surface area (Å²) in [7, 11) is 3.03. The molecule has 0 aliphatic rings. The van der Waals surface area contributed by atoms with E-state index in [0.29, 0.717) is 22.6 Å². The monoisotopic (exact) mass is 370 g/mol. The number of aryl methyl sites for hydroxylation is 1. The second-order valence-corrected chi connectivity index (χ2v) is 6.33. The van der Waals surface area contributed by atoms with Crippen LogP contribution in [-0.4, -0.2) is 30.9 Å². The Morgan fingerprint density at radius 1 is 1.19 bits per heavy atom. The van der Waals surface area contributed by atoms with Gasteiger partial charge in [-0.1, -0.05) is 13.0 Å². The van der Waals surface area contributed by atoms with E-state index in [0.717, 1.165) is 17.7 Å². The van der Waals surface area contributed by atoms with Gasteiger partial charge in [0.25, 0.3) is 0 Å². The van der Waals surface area contributed by atoms with Gasteiger partial charge in [0, 0.05) is 11.8 Å². The van der Waals surface area contributed by atoms with E-state index in [1.807, 2.05) is 26.0 Å². The molecule has 0 aliphatic carbocycles. The number of ketones is 1. The highest BCUT2D eigenvalue weighted by Gasteiger charge is 2.20. The largest absolute Gasteiger partial charge is 0.493 e. The summed E-state index contributed by atoms with van der Waals surface area (Å²) in [6, 6.07) is 6.96. The lowest BCUT2D eigenvalue weighted by molar-refractivity contribution is -0.121. The molecule has 1 heterocycles. The highest BCUT2D eigenvalue weighted by atomic mass is 16.5. The van der Waals surface area contributed by atoms with Crippen molar-refractivity contribution in [2.75, 3.05) is 14.2 Å². The Balaban J connectivity index is 2.26. The van der Waals surface area contributed by atoms with E-state index in [4.69, 9.17) is 9.47 Å². The molecule has 2 aromatic rings. The Hall–Kier alpha value is -2.89. The summed E-state index contributed by atoms with van der Waals surface area (Å²) < 4.78 is 10.6. The molecule has 1 N–H and O–H groups in total. The molecule has 1 aromatic heterocycles. The second kappa shape index (κ2) is 9.16. The van der Waals surface area contributed by atoms with Gasteiger partial charge in [-0.3, -0.25) is 14.6 Å². The summed E-state index contributed by atoms with van der Waals surface area (Å²) in [5, 5.41) is 3.02. The smallest absolute Gasteiger partial charge is 0.224 e. The predicted octanol–water partition coefficient (Wildman–Crippen LogP) is 3.42. The van der Waals surface area contributed by atoms with Gasteiger partial charge in [-0.2, -0.15) is 0 Å². The minimum atomic E-state index is -0.181. The van der Waals surface area contributed by atoms with Crippen molar-refractivity contribution in [1.29, 1.82) is 0 Å². The molecule has 0 aliphatic heterocycles. The standard InChI is InChI=1S/C21H26N2O4/c1-6-17(21-13(2)8-7-9-22-21)23-20(25)11-15-10-18(26-4)19(27-5)12-16(15)14(3)24/h7-10,12,17H,6,11H2,1-5H3,(H,23,25). The average Bonchev–Trinajstić information content (AvgIpc) is 2.66. The van der Waals surface area contributed by atoms with Gasteiger partial charge in [0.05, 0.1) is 32.4 Å². The highest BCUT2D eigenvalue weighted by Crippen LogP contribution is 2.31. The summed E-state index contributed by atoms with van der Waals surface area (Å²) >= 11 is 0. The van der Waals surface area contributed by atoms with Crippen LogP contribution in [0.3, 0.4) is 0 Å². The molecular weight excluding hydrogens is 344 g/mol. The first-order valence-corrected chi connectivity index (χ1v) is 8.87. The molecule has 0 fully saturated rings. The number of nitrogens with one attached hydrogen (secondary N) is 1. The van der Waals surface area contributed by atoms with Gasteiger partial charge < -0.3 is 14.8 Å². The van der Waals surface area contributed by atoms with Crippen molar-refractivity contribution in [2.24, 2.45) is 0 Å². The third-order valence-electron chi connectivity index (χ3n) is 4.46. The molecule has 0 saturated heterocycles. The lowest BCUT2D eigenvalue weighted by Crippen LogP contribution is -2.31. The molecule has 1 atom stereocenters. The third kappa shape index (κ3) is 4.84. The summed E-state index contributed by atoms with van der Waals surface area (Å²) in [6.45, 7) is 5.44. The zero-order chi connectivity index (χ0) is 20.0. The van der Waals surface area contributed by atoms with E-state index in [1.54, 1.807) is 18.3 Å². The van der Waals surface area contributed by atoms with Crippen LogP contribution >= 0.6 is 0 Å². The number of methoxy groups -OCH3 is 2. The van der Waals surface area contributed by atoms with E-state index >= 15 is 0 Å². The van der Waals surface area contributed by atoms with Crippen LogP contribution < -0.4 is 14.8 Å². The Morgan fingerprint density at radius 3 is 2.41 bits per heavy atom. The van der Waals surface area contributed by atoms with E-state index in [-0.39, 0.29) is 24.2 Å². The molecule has 1 unspecified atom stereocenters. The number of nitrogens with zero attached hydrogens (tertiary/aromatic N) is 1. The molecule has 0 saturated carbocycles. The van der Waals surface area contributed by atoms with Gasteiger partial charge in [0.2, 0.25) is 5.91 Å². The molecular formula is C21H26N2O4. The quantitative estimate of drug-likeness (QED) is 0.721. The normalized spacial score (nSPS) is 11.6. The van der Waals surface area contributed by atoms with Crippen molar-refractivity contribution >= 4 is 11.7 Å². The van der Waals surface area contributed by atoms with Gasteiger partial charge in [-0.15, -0.1) is 0 Å². The van der Waals surface area contributed by atoms with Gasteiger partial charge in [0.15, 0.2) is 17.3 Å². The fourth-order valence-corrected chi connectivity index (χ4v) is 3.04. The van der Waals surface area contributed by atoms with Crippen molar-refractivity contribution in [2.45, 2.75) is 39.7 Å². The maximum absolute atomic E-state index is 12.7. The number of amides is 1. The van der Waals surface area contributed by atoms with Crippen molar-refractivity contribution < 1.29 is 19.1 Å². The lowest BCUT2D eigenvalue weighted by atomic mass is 9.99. The topological polar surface area (TPSA) is 77.5 Å². The number of carbonyl (C=O) groups excluding carboxylic acids is 2. The number of pyridine rings is 1. The Kier molecular flexibility index (Phi) is 6.93. The first-order chi connectivity index (χ1) is 12.9. The molecule has 0 spiro atoms. The van der Waals surface area contributed by atoms with Crippen LogP contribution in [-0.2, 0) is 11.2 Å². The van der Waals surface area contributed by atoms with E-state index in [9.17, 15) is 9.59 Å². The molecule has 1 amide bonds. The molecule has 0 radical (unpaired) electrons. The molecule has 1 aromatic carbocycles. The molecule has 6 heteroatoms. The van der Waals surface area contributed by atoms with Crippen molar-refractivity contribution in [3.63, 3.8) is 0 Å². The summed E-state index contributed by atoms with van der Waals surface area (Å²) in [6.07, 6.45) is 2.51. The maximum atomic E-state index is 12.7. The third-order valence-corrected chi connectivity index (χ3v) is 4.46. The number of aromatic nitrogens is 1. The summed E-state index contributed by atoms with van der Waals surface area (Å²) in [4.78, 5) is 29.1. The Labute approximate surface area is 159 Å². The number of Topliss-reactive ketones (excluding diaryl/α,β-unsaturated/α-hetero) is 1. The lowest BCUT2D eigenvalue weighted by Gasteiger charge is -2.19. The number of rotatable bonds is 8. The van der Waals surface area contributed by atoms with Gasteiger partial charge in [0.1, 0.15) is 0 Å². The molecule has 27 heavy (non-hydrogen) atoms. The van der Waals surface area contributed by atoms with E-state index in [2.05, 4.69) is 10.3 Å². The van der Waals surface area contributed by atoms with Gasteiger partial charge in [-0.25, -0.2) is 0 Å². The number of benzene rings is 1. The van der Waals surface area contributed by atoms with Crippen molar-refractivity contribution in [1.82, 2.24) is 10.3 Å². The van der Waals surface area contributed by atoms with Gasteiger partial charge >= 0.3 is 0 Å². The zero-order valence-corrected chi connectivity index (χ0v) is 16.5. The fourth-order valence-electron chi connectivity index (χ4n) is 3.04. The number of hydrogen-bond acceptors (Lipinski definition) is 5. The maximum Gasteiger partial charge on any atom is 0.224 e. The summed E-state index contributed by atoms with van der Waals surface area (Å²) in [5.74, 6) is 0.633. The highest BCUT2D eigenvalue weighted by molar-refractivity contribution is 5.97. The minimum absolute atomic E-state index is 0.0671. The molecule has 6 nitrogen and oxygen atoms in total. The zero-order valence-electron chi connectivity index (χ0n) is 16.5. The van der Waals surface area contributed by atoms with E-state index < -0.39 is 0 Å². The molecule has 144 valence electrons.